The number of thiocarbonyl (C=S) groups is 1. The first-order chi connectivity index (χ1) is 12.2. The second-order valence-corrected chi connectivity index (χ2v) is 6.86. The fourth-order valence-corrected chi connectivity index (χ4v) is 3.19. The lowest BCUT2D eigenvalue weighted by Crippen LogP contribution is -2.30. The van der Waals surface area contributed by atoms with Crippen molar-refractivity contribution in [2.24, 2.45) is 0 Å². The molecule has 0 atom stereocenters. The largest absolute Gasteiger partial charge is 0.358 e. The Morgan fingerprint density at radius 3 is 2.52 bits per heavy atom. The Balaban J connectivity index is 1.62. The molecule has 2 N–H and O–H groups in total. The predicted octanol–water partition coefficient (Wildman–Crippen LogP) is 4.00. The quantitative estimate of drug-likeness (QED) is 0.622. The summed E-state index contributed by atoms with van der Waals surface area (Å²) >= 11 is 11.5. The zero-order valence-electron chi connectivity index (χ0n) is 14.0. The fraction of sp³-hybridized carbons (Fsp3) is 0.389. The summed E-state index contributed by atoms with van der Waals surface area (Å²) in [6, 6.07) is 11.9. The minimum Gasteiger partial charge on any atom is -0.358 e. The van der Waals surface area contributed by atoms with Crippen LogP contribution in [0.3, 0.4) is 0 Å². The fourth-order valence-electron chi connectivity index (χ4n) is 2.85. The maximum atomic E-state index is 6.18. The summed E-state index contributed by atoms with van der Waals surface area (Å²) in [7, 11) is 0. The summed E-state index contributed by atoms with van der Waals surface area (Å²) in [5.74, 6) is 1.28. The van der Waals surface area contributed by atoms with E-state index in [0.717, 1.165) is 24.5 Å². The molecule has 1 aliphatic rings. The number of benzene rings is 1. The summed E-state index contributed by atoms with van der Waals surface area (Å²) in [6.45, 7) is 2.65. The Kier molecular flexibility index (Phi) is 6.42. The second-order valence-electron chi connectivity index (χ2n) is 6.07. The molecule has 1 saturated heterocycles. The molecule has 0 saturated carbocycles. The zero-order chi connectivity index (χ0) is 17.5. The molecule has 0 unspecified atom stereocenters. The molecular weight excluding hydrogens is 354 g/mol. The van der Waals surface area contributed by atoms with Crippen LogP contribution in [0.2, 0.25) is 5.15 Å². The van der Waals surface area contributed by atoms with Crippen molar-refractivity contribution >= 4 is 40.7 Å². The highest BCUT2D eigenvalue weighted by Crippen LogP contribution is 2.21. The molecule has 132 valence electrons. The Hall–Kier alpha value is -1.92. The molecule has 0 radical (unpaired) electrons. The molecule has 0 aliphatic carbocycles. The van der Waals surface area contributed by atoms with Crippen molar-refractivity contribution in [2.45, 2.75) is 32.2 Å². The normalized spacial score (nSPS) is 14.7. The molecule has 1 fully saturated rings. The van der Waals surface area contributed by atoms with Crippen LogP contribution >= 0.6 is 23.8 Å². The van der Waals surface area contributed by atoms with Crippen molar-refractivity contribution in [3.8, 4) is 0 Å². The summed E-state index contributed by atoms with van der Waals surface area (Å²) in [6.07, 6.45) is 4.91. The Morgan fingerprint density at radius 1 is 1.08 bits per heavy atom. The Bertz CT molecular complexity index is 702. The molecular formula is C18H22ClN5S. The summed E-state index contributed by atoms with van der Waals surface area (Å²) in [5.41, 5.74) is 1.16. The lowest BCUT2D eigenvalue weighted by Gasteiger charge is -2.22. The molecule has 3 rings (SSSR count). The Labute approximate surface area is 158 Å². The van der Waals surface area contributed by atoms with Crippen LogP contribution in [0.25, 0.3) is 0 Å². The first-order valence-electron chi connectivity index (χ1n) is 8.59. The van der Waals surface area contributed by atoms with E-state index in [2.05, 4.69) is 25.5 Å². The van der Waals surface area contributed by atoms with Gasteiger partial charge in [-0.3, -0.25) is 0 Å². The van der Waals surface area contributed by atoms with Gasteiger partial charge in [0, 0.05) is 25.7 Å². The van der Waals surface area contributed by atoms with Gasteiger partial charge >= 0.3 is 0 Å². The highest BCUT2D eigenvalue weighted by atomic mass is 35.5. The molecule has 25 heavy (non-hydrogen) atoms. The highest BCUT2D eigenvalue weighted by molar-refractivity contribution is 7.80. The van der Waals surface area contributed by atoms with Gasteiger partial charge in [-0.1, -0.05) is 54.8 Å². The van der Waals surface area contributed by atoms with Gasteiger partial charge < -0.3 is 15.5 Å². The lowest BCUT2D eigenvalue weighted by atomic mass is 10.2. The van der Waals surface area contributed by atoms with Crippen molar-refractivity contribution in [2.75, 3.05) is 23.3 Å². The van der Waals surface area contributed by atoms with Gasteiger partial charge in [-0.25, -0.2) is 4.98 Å². The summed E-state index contributed by atoms with van der Waals surface area (Å²) in [5, 5.41) is 7.09. The van der Waals surface area contributed by atoms with Crippen LogP contribution in [0.5, 0.6) is 0 Å². The van der Waals surface area contributed by atoms with Crippen LogP contribution in [0.1, 0.15) is 31.2 Å². The lowest BCUT2D eigenvalue weighted by molar-refractivity contribution is 0.726. The van der Waals surface area contributed by atoms with E-state index >= 15 is 0 Å². The van der Waals surface area contributed by atoms with Crippen molar-refractivity contribution in [1.82, 2.24) is 15.3 Å². The maximum Gasteiger partial charge on any atom is 0.232 e. The summed E-state index contributed by atoms with van der Waals surface area (Å²) in [4.78, 5) is 11.1. The van der Waals surface area contributed by atoms with Crippen molar-refractivity contribution < 1.29 is 0 Å². The Morgan fingerprint density at radius 2 is 1.80 bits per heavy atom. The third-order valence-corrected chi connectivity index (χ3v) is 4.57. The van der Waals surface area contributed by atoms with E-state index in [0.29, 0.717) is 22.8 Å². The summed E-state index contributed by atoms with van der Waals surface area (Å²) < 4.78 is 0. The molecule has 1 aromatic heterocycles. The van der Waals surface area contributed by atoms with Gasteiger partial charge in [0.1, 0.15) is 11.0 Å². The van der Waals surface area contributed by atoms with Gasteiger partial charge in [-0.15, -0.1) is 0 Å². The number of anilines is 2. The highest BCUT2D eigenvalue weighted by Gasteiger charge is 2.14. The number of hydrogen-bond donors (Lipinski definition) is 2. The topological polar surface area (TPSA) is 53.1 Å². The van der Waals surface area contributed by atoms with E-state index < -0.39 is 0 Å². The van der Waals surface area contributed by atoms with E-state index in [4.69, 9.17) is 23.8 Å². The molecule has 1 aliphatic heterocycles. The molecule has 5 nitrogen and oxygen atoms in total. The van der Waals surface area contributed by atoms with Gasteiger partial charge in [-0.2, -0.15) is 4.98 Å². The van der Waals surface area contributed by atoms with Crippen molar-refractivity contribution in [3.63, 3.8) is 0 Å². The average molecular weight is 376 g/mol. The van der Waals surface area contributed by atoms with Crippen LogP contribution in [-0.4, -0.2) is 28.2 Å². The number of aromatic nitrogens is 2. The first kappa shape index (κ1) is 17.9. The van der Waals surface area contributed by atoms with E-state index in [1.54, 1.807) is 0 Å². The number of nitrogens with zero attached hydrogens (tertiary/aromatic N) is 3. The molecule has 0 spiro atoms. The average Bonchev–Trinajstić information content (AvgIpc) is 2.90. The molecule has 0 bridgehead atoms. The van der Waals surface area contributed by atoms with E-state index in [1.807, 2.05) is 36.4 Å². The van der Waals surface area contributed by atoms with Gasteiger partial charge in [0.05, 0.1) is 0 Å². The third-order valence-electron chi connectivity index (χ3n) is 4.13. The maximum absolute atomic E-state index is 6.18. The predicted molar refractivity (Wildman–Crippen MR) is 107 cm³/mol. The minimum atomic E-state index is 0.419. The van der Waals surface area contributed by atoms with E-state index in [1.165, 1.54) is 25.7 Å². The van der Waals surface area contributed by atoms with Gasteiger partial charge in [0.25, 0.3) is 0 Å². The first-order valence-corrected chi connectivity index (χ1v) is 9.37. The molecule has 0 amide bonds. The van der Waals surface area contributed by atoms with Crippen molar-refractivity contribution in [1.29, 1.82) is 0 Å². The molecule has 2 aromatic rings. The van der Waals surface area contributed by atoms with Crippen molar-refractivity contribution in [3.05, 3.63) is 47.1 Å². The number of hydrogen-bond acceptors (Lipinski definition) is 4. The van der Waals surface area contributed by atoms with Crippen LogP contribution in [-0.2, 0) is 6.54 Å². The minimum absolute atomic E-state index is 0.419. The van der Waals surface area contributed by atoms with E-state index in [9.17, 15) is 0 Å². The van der Waals surface area contributed by atoms with Gasteiger partial charge in [0.15, 0.2) is 5.11 Å². The van der Waals surface area contributed by atoms with Crippen LogP contribution < -0.4 is 15.5 Å². The SMILES string of the molecule is S=C(NCc1ccccc1)Nc1nc(Cl)cc(N2CCCCCC2)n1. The smallest absolute Gasteiger partial charge is 0.232 e. The zero-order valence-corrected chi connectivity index (χ0v) is 15.6. The van der Waals surface area contributed by atoms with Gasteiger partial charge in [-0.05, 0) is 30.6 Å². The molecule has 1 aromatic carbocycles. The van der Waals surface area contributed by atoms with E-state index in [-0.39, 0.29) is 0 Å². The number of halogens is 1. The molecule has 2 heterocycles. The monoisotopic (exact) mass is 375 g/mol. The van der Waals surface area contributed by atoms with Crippen LogP contribution in [0, 0.1) is 0 Å². The van der Waals surface area contributed by atoms with Gasteiger partial charge in [0.2, 0.25) is 5.95 Å². The van der Waals surface area contributed by atoms with Crippen LogP contribution in [0.15, 0.2) is 36.4 Å². The van der Waals surface area contributed by atoms with Crippen LogP contribution in [0.4, 0.5) is 11.8 Å². The third kappa shape index (κ3) is 5.54. The second kappa shape index (κ2) is 8.97. The molecule has 7 heteroatoms. The number of rotatable bonds is 4. The number of nitrogens with one attached hydrogen (secondary N) is 2. The standard InChI is InChI=1S/C18H22ClN5S/c19-15-12-16(24-10-6-1-2-7-11-24)22-17(21-15)23-18(25)20-13-14-8-4-3-5-9-14/h3-5,8-9,12H,1-2,6-7,10-11,13H2,(H2,20,21,22,23,25).